The molecule has 3 saturated heterocycles. The number of nitrogens with one attached hydrogen (secondary N) is 1. The van der Waals surface area contributed by atoms with Gasteiger partial charge in [0.2, 0.25) is 5.91 Å². The van der Waals surface area contributed by atoms with Crippen molar-refractivity contribution in [1.82, 2.24) is 14.9 Å². The molecule has 1 spiro atoms. The van der Waals surface area contributed by atoms with E-state index < -0.39 is 24.2 Å². The summed E-state index contributed by atoms with van der Waals surface area (Å²) in [5.74, 6) is -0.0475. The predicted molar refractivity (Wildman–Crippen MR) is 156 cm³/mol. The van der Waals surface area contributed by atoms with Crippen LogP contribution in [0, 0.1) is 17.3 Å². The number of carbonyl (C=O) groups is 2. The Hall–Kier alpha value is -2.69. The molecule has 3 aliphatic heterocycles. The van der Waals surface area contributed by atoms with E-state index in [9.17, 15) is 9.59 Å². The molecule has 2 aromatic rings. The van der Waals surface area contributed by atoms with E-state index in [4.69, 9.17) is 23.8 Å². The van der Waals surface area contributed by atoms with Crippen molar-refractivity contribution in [3.8, 4) is 11.3 Å². The zero-order chi connectivity index (χ0) is 29.6. The summed E-state index contributed by atoms with van der Waals surface area (Å²) in [5, 5.41) is 0. The first kappa shape index (κ1) is 29.8. The number of benzene rings is 1. The van der Waals surface area contributed by atoms with Gasteiger partial charge in [-0.05, 0) is 69.3 Å². The molecule has 5 rings (SSSR count). The Labute approximate surface area is 243 Å². The van der Waals surface area contributed by atoms with Crippen LogP contribution in [0.3, 0.4) is 0 Å². The minimum Gasteiger partial charge on any atom is -0.469 e. The highest BCUT2D eigenvalue weighted by molar-refractivity contribution is 6.62. The third-order valence-corrected chi connectivity index (χ3v) is 9.74. The van der Waals surface area contributed by atoms with Crippen LogP contribution in [0.2, 0.25) is 0 Å². The second kappa shape index (κ2) is 11.2. The lowest BCUT2D eigenvalue weighted by atomic mass is 9.78. The first-order valence-corrected chi connectivity index (χ1v) is 14.8. The predicted octanol–water partition coefficient (Wildman–Crippen LogP) is 4.28. The molecule has 1 aromatic carbocycles. The second-order valence-electron chi connectivity index (χ2n) is 13.3. The van der Waals surface area contributed by atoms with Gasteiger partial charge in [0.15, 0.2) is 0 Å². The van der Waals surface area contributed by atoms with Crippen molar-refractivity contribution in [1.29, 1.82) is 0 Å². The van der Waals surface area contributed by atoms with Gasteiger partial charge in [-0.3, -0.25) is 9.59 Å². The average Bonchev–Trinajstić information content (AvgIpc) is 3.61. The second-order valence-corrected chi connectivity index (χ2v) is 13.3. The molecule has 0 aliphatic carbocycles. The number of carbonyl (C=O) groups excluding carboxylic acids is 2. The van der Waals surface area contributed by atoms with Gasteiger partial charge in [0, 0.05) is 19.8 Å². The molecule has 1 N–H and O–H groups in total. The van der Waals surface area contributed by atoms with Gasteiger partial charge in [0.1, 0.15) is 5.82 Å². The number of likely N-dealkylation sites (tertiary alicyclic amines) is 1. The molecule has 0 radical (unpaired) electrons. The molecule has 0 unspecified atom stereocenters. The summed E-state index contributed by atoms with van der Waals surface area (Å²) in [6.45, 7) is 14.2. The lowest BCUT2D eigenvalue weighted by Gasteiger charge is -2.33. The fourth-order valence-electron chi connectivity index (χ4n) is 6.23. The van der Waals surface area contributed by atoms with Crippen molar-refractivity contribution in [2.75, 3.05) is 26.9 Å². The van der Waals surface area contributed by atoms with E-state index in [0.29, 0.717) is 19.8 Å². The normalized spacial score (nSPS) is 23.8. The minimum absolute atomic E-state index is 0.00291. The number of ether oxygens (including phenoxy) is 2. The summed E-state index contributed by atoms with van der Waals surface area (Å²) in [4.78, 5) is 36.4. The zero-order valence-corrected chi connectivity index (χ0v) is 25.5. The fraction of sp³-hybridized carbons (Fsp3) is 0.645. The molecule has 9 nitrogen and oxygen atoms in total. The molecular weight excluding hydrogens is 521 g/mol. The number of aromatic amines is 1. The average molecular weight is 566 g/mol. The molecule has 0 saturated carbocycles. The van der Waals surface area contributed by atoms with Gasteiger partial charge in [-0.1, -0.05) is 38.1 Å². The summed E-state index contributed by atoms with van der Waals surface area (Å²) >= 11 is 0. The van der Waals surface area contributed by atoms with E-state index >= 15 is 0 Å². The molecule has 0 bridgehead atoms. The number of nitrogens with zero attached hydrogens (tertiary/aromatic N) is 2. The van der Waals surface area contributed by atoms with Crippen LogP contribution < -0.4 is 5.46 Å². The zero-order valence-electron chi connectivity index (χ0n) is 25.5. The molecule has 4 heterocycles. The number of imidazole rings is 1. The number of methoxy groups -OCH3 is 1. The Morgan fingerprint density at radius 2 is 1.73 bits per heavy atom. The smallest absolute Gasteiger partial charge is 0.469 e. The van der Waals surface area contributed by atoms with Crippen LogP contribution in [0.1, 0.15) is 79.1 Å². The van der Waals surface area contributed by atoms with Gasteiger partial charge in [0.05, 0.1) is 48.6 Å². The SMILES string of the molecule is COC(=O)C[C@H](C(=O)N1CC2(CCOCC2)C[C@H]1c1ncc(-c2ccc(B3OC(C)(C)C(C)(C)O3)cc2)[nH]1)C(C)C. The van der Waals surface area contributed by atoms with Crippen LogP contribution in [-0.4, -0.2) is 71.9 Å². The van der Waals surface area contributed by atoms with Crippen LogP contribution >= 0.6 is 0 Å². The molecule has 222 valence electrons. The number of hydrogen-bond acceptors (Lipinski definition) is 7. The highest BCUT2D eigenvalue weighted by Crippen LogP contribution is 2.49. The van der Waals surface area contributed by atoms with E-state index in [1.165, 1.54) is 7.11 Å². The number of esters is 1. The number of amides is 1. The molecule has 3 fully saturated rings. The summed E-state index contributed by atoms with van der Waals surface area (Å²) < 4.78 is 23.0. The van der Waals surface area contributed by atoms with E-state index in [0.717, 1.165) is 41.8 Å². The number of rotatable bonds is 7. The third kappa shape index (κ3) is 5.83. The van der Waals surface area contributed by atoms with Gasteiger partial charge in [-0.15, -0.1) is 0 Å². The third-order valence-electron chi connectivity index (χ3n) is 9.74. The lowest BCUT2D eigenvalue weighted by molar-refractivity contribution is -0.148. The molecule has 1 amide bonds. The topological polar surface area (TPSA) is 103 Å². The van der Waals surface area contributed by atoms with Gasteiger partial charge in [-0.2, -0.15) is 0 Å². The van der Waals surface area contributed by atoms with E-state index in [1.54, 1.807) is 0 Å². The maximum Gasteiger partial charge on any atom is 0.494 e. The van der Waals surface area contributed by atoms with Crippen molar-refractivity contribution in [2.45, 2.75) is 84.5 Å². The van der Waals surface area contributed by atoms with Crippen molar-refractivity contribution in [3.63, 3.8) is 0 Å². The van der Waals surface area contributed by atoms with Crippen LogP contribution in [0.4, 0.5) is 0 Å². The first-order chi connectivity index (χ1) is 19.3. The van der Waals surface area contributed by atoms with Crippen molar-refractivity contribution in [2.24, 2.45) is 17.3 Å². The van der Waals surface area contributed by atoms with Crippen LogP contribution in [0.25, 0.3) is 11.3 Å². The summed E-state index contributed by atoms with van der Waals surface area (Å²) in [5.41, 5.74) is 2.04. The minimum atomic E-state index is -0.447. The van der Waals surface area contributed by atoms with Crippen LogP contribution in [0.15, 0.2) is 30.5 Å². The van der Waals surface area contributed by atoms with E-state index in [-0.39, 0.29) is 35.7 Å². The summed E-state index contributed by atoms with van der Waals surface area (Å²) in [6, 6.07) is 7.94. The Bertz CT molecular complexity index is 1230. The van der Waals surface area contributed by atoms with Crippen molar-refractivity contribution >= 4 is 24.5 Å². The molecule has 41 heavy (non-hydrogen) atoms. The van der Waals surface area contributed by atoms with Gasteiger partial charge in [-0.25, -0.2) is 4.98 Å². The Balaban J connectivity index is 1.38. The highest BCUT2D eigenvalue weighted by atomic mass is 16.7. The molecule has 3 aliphatic rings. The maximum absolute atomic E-state index is 14.0. The van der Waals surface area contributed by atoms with Gasteiger partial charge < -0.3 is 28.7 Å². The maximum atomic E-state index is 14.0. The Morgan fingerprint density at radius 3 is 2.32 bits per heavy atom. The van der Waals surface area contributed by atoms with Crippen LogP contribution in [-0.2, 0) is 28.4 Å². The van der Waals surface area contributed by atoms with Gasteiger partial charge >= 0.3 is 13.1 Å². The Morgan fingerprint density at radius 1 is 1.10 bits per heavy atom. The number of aromatic nitrogens is 2. The van der Waals surface area contributed by atoms with E-state index in [1.807, 2.05) is 76.9 Å². The molecule has 10 heteroatoms. The lowest BCUT2D eigenvalue weighted by Crippen LogP contribution is -2.41. The van der Waals surface area contributed by atoms with Crippen molar-refractivity contribution < 1.29 is 28.4 Å². The van der Waals surface area contributed by atoms with Gasteiger partial charge in [0.25, 0.3) is 0 Å². The largest absolute Gasteiger partial charge is 0.494 e. The van der Waals surface area contributed by atoms with Crippen molar-refractivity contribution in [3.05, 3.63) is 36.3 Å². The number of H-pyrrole nitrogens is 1. The van der Waals surface area contributed by atoms with Crippen LogP contribution in [0.5, 0.6) is 0 Å². The van der Waals surface area contributed by atoms with E-state index in [2.05, 4.69) is 4.98 Å². The Kier molecular flexibility index (Phi) is 8.13. The fourth-order valence-corrected chi connectivity index (χ4v) is 6.23. The monoisotopic (exact) mass is 565 g/mol. The summed E-state index contributed by atoms with van der Waals surface area (Å²) in [6.07, 6.45) is 4.55. The molecule has 2 atom stereocenters. The number of hydrogen-bond donors (Lipinski definition) is 1. The summed E-state index contributed by atoms with van der Waals surface area (Å²) in [7, 11) is 0.950. The highest BCUT2D eigenvalue weighted by Gasteiger charge is 2.52. The molecular formula is C31H44BN3O6. The quantitative estimate of drug-likeness (QED) is 0.395. The standard InChI is InChI=1S/C31H44BN3O6/c1-20(2)23(16-26(36)38-7)28(37)35-19-31(12-14-39-15-13-31)17-25(35)27-33-18-24(34-27)21-8-10-22(11-9-21)32-40-29(3,4)30(5,6)41-32/h8-11,18,20,23,25H,12-17,19H2,1-7H3,(H,33,34)/t23-,25-/m0/s1. The first-order valence-electron chi connectivity index (χ1n) is 14.8. The molecule has 1 aromatic heterocycles.